The molecule has 0 bridgehead atoms. The first kappa shape index (κ1) is 16.4. The number of hydrogen-bond acceptors (Lipinski definition) is 3. The Hall–Kier alpha value is -3.02. The second kappa shape index (κ2) is 7.07. The van der Waals surface area contributed by atoms with E-state index in [9.17, 15) is 9.18 Å². The van der Waals surface area contributed by atoms with Gasteiger partial charge in [0, 0.05) is 24.6 Å². The molecule has 1 aromatic heterocycles. The SMILES string of the molecule is O=C(c1ccccc1F)N1CCCC(c2nc(-c3ccccc3)n[nH]2)C1. The fraction of sp³-hybridized carbons (Fsp3) is 0.250. The maximum Gasteiger partial charge on any atom is 0.256 e. The summed E-state index contributed by atoms with van der Waals surface area (Å²) in [6, 6.07) is 15.9. The van der Waals surface area contributed by atoms with E-state index < -0.39 is 5.82 Å². The zero-order chi connectivity index (χ0) is 17.9. The molecule has 132 valence electrons. The molecule has 1 fully saturated rings. The fourth-order valence-corrected chi connectivity index (χ4v) is 3.36. The molecule has 1 unspecified atom stereocenters. The highest BCUT2D eigenvalue weighted by molar-refractivity contribution is 5.94. The Morgan fingerprint density at radius 3 is 2.69 bits per heavy atom. The van der Waals surface area contributed by atoms with Crippen LogP contribution in [0.5, 0.6) is 0 Å². The van der Waals surface area contributed by atoms with E-state index in [1.807, 2.05) is 30.3 Å². The van der Waals surface area contributed by atoms with Crippen molar-refractivity contribution in [2.45, 2.75) is 18.8 Å². The predicted molar refractivity (Wildman–Crippen MR) is 96.1 cm³/mol. The molecule has 2 aromatic carbocycles. The van der Waals surface area contributed by atoms with Gasteiger partial charge in [0.2, 0.25) is 0 Å². The Morgan fingerprint density at radius 1 is 1.12 bits per heavy atom. The van der Waals surface area contributed by atoms with Gasteiger partial charge in [-0.2, -0.15) is 5.10 Å². The lowest BCUT2D eigenvalue weighted by Gasteiger charge is -2.31. The van der Waals surface area contributed by atoms with Crippen molar-refractivity contribution in [2.24, 2.45) is 0 Å². The van der Waals surface area contributed by atoms with Gasteiger partial charge in [-0.05, 0) is 25.0 Å². The minimum atomic E-state index is -0.481. The second-order valence-corrected chi connectivity index (χ2v) is 6.48. The molecule has 1 amide bonds. The number of piperidine rings is 1. The number of halogens is 1. The van der Waals surface area contributed by atoms with Crippen LogP contribution in [0.3, 0.4) is 0 Å². The van der Waals surface area contributed by atoms with Crippen molar-refractivity contribution >= 4 is 5.91 Å². The monoisotopic (exact) mass is 350 g/mol. The molecule has 1 aliphatic rings. The minimum Gasteiger partial charge on any atom is -0.338 e. The van der Waals surface area contributed by atoms with Crippen LogP contribution in [0.4, 0.5) is 4.39 Å². The fourth-order valence-electron chi connectivity index (χ4n) is 3.36. The number of nitrogens with zero attached hydrogens (tertiary/aromatic N) is 3. The number of carbonyl (C=O) groups is 1. The van der Waals surface area contributed by atoms with E-state index >= 15 is 0 Å². The largest absolute Gasteiger partial charge is 0.338 e. The number of carbonyl (C=O) groups excluding carboxylic acids is 1. The van der Waals surface area contributed by atoms with Crippen LogP contribution in [0.15, 0.2) is 54.6 Å². The number of hydrogen-bond donors (Lipinski definition) is 1. The first-order valence-corrected chi connectivity index (χ1v) is 8.74. The van der Waals surface area contributed by atoms with Gasteiger partial charge in [0.1, 0.15) is 11.6 Å². The molecule has 2 heterocycles. The summed E-state index contributed by atoms with van der Waals surface area (Å²) in [5.74, 6) is 0.749. The van der Waals surface area contributed by atoms with Crippen molar-refractivity contribution in [1.29, 1.82) is 0 Å². The predicted octanol–water partition coefficient (Wildman–Crippen LogP) is 3.63. The quantitative estimate of drug-likeness (QED) is 0.785. The van der Waals surface area contributed by atoms with Gasteiger partial charge in [-0.1, -0.05) is 42.5 Å². The molecular formula is C20H19FN4O. The van der Waals surface area contributed by atoms with Crippen molar-refractivity contribution in [3.05, 3.63) is 71.8 Å². The summed E-state index contributed by atoms with van der Waals surface area (Å²) in [7, 11) is 0. The highest BCUT2D eigenvalue weighted by atomic mass is 19.1. The third kappa shape index (κ3) is 3.22. The number of rotatable bonds is 3. The van der Waals surface area contributed by atoms with Crippen LogP contribution >= 0.6 is 0 Å². The minimum absolute atomic E-state index is 0.0736. The van der Waals surface area contributed by atoms with E-state index in [0.29, 0.717) is 18.9 Å². The highest BCUT2D eigenvalue weighted by Gasteiger charge is 2.28. The van der Waals surface area contributed by atoms with Crippen molar-refractivity contribution in [2.75, 3.05) is 13.1 Å². The van der Waals surface area contributed by atoms with Gasteiger partial charge in [-0.25, -0.2) is 9.37 Å². The van der Waals surface area contributed by atoms with E-state index in [2.05, 4.69) is 15.2 Å². The molecule has 1 atom stereocenters. The molecule has 1 aliphatic heterocycles. The summed E-state index contributed by atoms with van der Waals surface area (Å²) in [6.45, 7) is 1.14. The Bertz CT molecular complexity index is 909. The number of aromatic nitrogens is 3. The van der Waals surface area contributed by atoms with Crippen molar-refractivity contribution < 1.29 is 9.18 Å². The first-order chi connectivity index (χ1) is 12.7. The van der Waals surface area contributed by atoms with Crippen LogP contribution in [-0.4, -0.2) is 39.1 Å². The van der Waals surface area contributed by atoms with Crippen LogP contribution in [0.2, 0.25) is 0 Å². The zero-order valence-corrected chi connectivity index (χ0v) is 14.2. The molecule has 5 nitrogen and oxygen atoms in total. The summed E-state index contributed by atoms with van der Waals surface area (Å²) in [6.07, 6.45) is 1.77. The molecular weight excluding hydrogens is 331 g/mol. The first-order valence-electron chi connectivity index (χ1n) is 8.74. The van der Waals surface area contributed by atoms with E-state index in [0.717, 1.165) is 24.2 Å². The Labute approximate surface area is 150 Å². The van der Waals surface area contributed by atoms with Gasteiger partial charge < -0.3 is 4.90 Å². The smallest absolute Gasteiger partial charge is 0.256 e. The molecule has 3 aromatic rings. The van der Waals surface area contributed by atoms with Gasteiger partial charge in [0.05, 0.1) is 5.56 Å². The summed E-state index contributed by atoms with van der Waals surface area (Å²) in [5.41, 5.74) is 1.07. The molecule has 26 heavy (non-hydrogen) atoms. The number of nitrogens with one attached hydrogen (secondary N) is 1. The Kier molecular flexibility index (Phi) is 4.48. The van der Waals surface area contributed by atoms with Crippen LogP contribution in [0.1, 0.15) is 34.9 Å². The maximum atomic E-state index is 13.9. The maximum absolute atomic E-state index is 13.9. The topological polar surface area (TPSA) is 61.9 Å². The zero-order valence-electron chi connectivity index (χ0n) is 14.2. The normalized spacial score (nSPS) is 17.3. The van der Waals surface area contributed by atoms with Crippen LogP contribution < -0.4 is 0 Å². The van der Waals surface area contributed by atoms with E-state index in [-0.39, 0.29) is 17.4 Å². The Balaban J connectivity index is 1.52. The van der Waals surface area contributed by atoms with Crippen molar-refractivity contribution in [3.8, 4) is 11.4 Å². The molecule has 0 saturated carbocycles. The lowest BCUT2D eigenvalue weighted by molar-refractivity contribution is 0.0700. The number of likely N-dealkylation sites (tertiary alicyclic amines) is 1. The molecule has 1 saturated heterocycles. The number of benzene rings is 2. The van der Waals surface area contributed by atoms with Crippen LogP contribution in [0, 0.1) is 5.82 Å². The average molecular weight is 350 g/mol. The lowest BCUT2D eigenvalue weighted by Crippen LogP contribution is -2.39. The van der Waals surface area contributed by atoms with Gasteiger partial charge in [0.25, 0.3) is 5.91 Å². The molecule has 6 heteroatoms. The lowest BCUT2D eigenvalue weighted by atomic mass is 9.96. The van der Waals surface area contributed by atoms with Gasteiger partial charge in [0.15, 0.2) is 5.82 Å². The van der Waals surface area contributed by atoms with Gasteiger partial charge >= 0.3 is 0 Å². The number of aromatic amines is 1. The van der Waals surface area contributed by atoms with E-state index in [1.54, 1.807) is 17.0 Å². The highest BCUT2D eigenvalue weighted by Crippen LogP contribution is 2.27. The third-order valence-corrected chi connectivity index (χ3v) is 4.73. The summed E-state index contributed by atoms with van der Waals surface area (Å²) in [4.78, 5) is 19.0. The van der Waals surface area contributed by atoms with Gasteiger partial charge in [-0.3, -0.25) is 9.89 Å². The second-order valence-electron chi connectivity index (χ2n) is 6.48. The summed E-state index contributed by atoms with van der Waals surface area (Å²) < 4.78 is 13.9. The van der Waals surface area contributed by atoms with E-state index in [4.69, 9.17) is 0 Å². The van der Waals surface area contributed by atoms with Crippen molar-refractivity contribution in [3.63, 3.8) is 0 Å². The third-order valence-electron chi connectivity index (χ3n) is 4.73. The molecule has 4 rings (SSSR count). The molecule has 1 N–H and O–H groups in total. The van der Waals surface area contributed by atoms with Crippen molar-refractivity contribution in [1.82, 2.24) is 20.1 Å². The molecule has 0 radical (unpaired) electrons. The number of amides is 1. The average Bonchev–Trinajstić information content (AvgIpc) is 3.19. The molecule has 0 spiro atoms. The Morgan fingerprint density at radius 2 is 1.88 bits per heavy atom. The standard InChI is InChI=1S/C20H19FN4O/c21-17-11-5-4-10-16(17)20(26)25-12-6-9-15(13-25)19-22-18(23-24-19)14-7-2-1-3-8-14/h1-5,7-8,10-11,15H,6,9,12-13H2,(H,22,23,24). The van der Waals surface area contributed by atoms with Gasteiger partial charge in [-0.15, -0.1) is 0 Å². The molecule has 0 aliphatic carbocycles. The van der Waals surface area contributed by atoms with E-state index in [1.165, 1.54) is 12.1 Å². The summed E-state index contributed by atoms with van der Waals surface area (Å²) in [5, 5.41) is 7.32. The van der Waals surface area contributed by atoms with Crippen LogP contribution in [-0.2, 0) is 0 Å². The number of H-pyrrole nitrogens is 1. The van der Waals surface area contributed by atoms with Crippen LogP contribution in [0.25, 0.3) is 11.4 Å². The summed E-state index contributed by atoms with van der Waals surface area (Å²) >= 11 is 0.